The van der Waals surface area contributed by atoms with Crippen LogP contribution in [-0.2, 0) is 0 Å². The summed E-state index contributed by atoms with van der Waals surface area (Å²) in [5.41, 5.74) is 0.566. The summed E-state index contributed by atoms with van der Waals surface area (Å²) in [7, 11) is 3.97. The highest BCUT2D eigenvalue weighted by Crippen LogP contribution is 2.27. The molecule has 0 fully saturated rings. The Morgan fingerprint density at radius 3 is 2.74 bits per heavy atom. The second-order valence-electron chi connectivity index (χ2n) is 5.93. The van der Waals surface area contributed by atoms with Crippen LogP contribution in [0.25, 0.3) is 21.9 Å². The first-order valence-electron chi connectivity index (χ1n) is 7.45. The van der Waals surface area contributed by atoms with E-state index in [1.165, 1.54) is 6.07 Å². The summed E-state index contributed by atoms with van der Waals surface area (Å²) in [6, 6.07) is 9.92. The van der Waals surface area contributed by atoms with E-state index < -0.39 is 0 Å². The SMILES string of the molecule is CC(CN(C)C)Oc1ccc2c(=O)c3c(O)cccc3oc2c1. The van der Waals surface area contributed by atoms with Crippen molar-refractivity contribution in [3.8, 4) is 11.5 Å². The zero-order valence-corrected chi connectivity index (χ0v) is 13.4. The van der Waals surface area contributed by atoms with Gasteiger partial charge in [0.2, 0.25) is 5.43 Å². The van der Waals surface area contributed by atoms with Gasteiger partial charge in [0.05, 0.1) is 5.39 Å². The number of ether oxygens (including phenoxy) is 1. The highest BCUT2D eigenvalue weighted by molar-refractivity contribution is 5.93. The topological polar surface area (TPSA) is 62.9 Å². The van der Waals surface area contributed by atoms with E-state index in [2.05, 4.69) is 0 Å². The molecule has 0 radical (unpaired) electrons. The van der Waals surface area contributed by atoms with E-state index >= 15 is 0 Å². The van der Waals surface area contributed by atoms with Gasteiger partial charge in [-0.25, -0.2) is 0 Å². The summed E-state index contributed by atoms with van der Waals surface area (Å²) in [5, 5.41) is 10.5. The predicted octanol–water partition coefficient (Wildman–Crippen LogP) is 2.98. The highest BCUT2D eigenvalue weighted by atomic mass is 16.5. The largest absolute Gasteiger partial charge is 0.507 e. The van der Waals surface area contributed by atoms with Crippen LogP contribution < -0.4 is 10.2 Å². The number of benzene rings is 2. The van der Waals surface area contributed by atoms with Gasteiger partial charge in [0, 0.05) is 12.6 Å². The minimum absolute atomic E-state index is 0.0127. The maximum absolute atomic E-state index is 12.5. The van der Waals surface area contributed by atoms with Crippen LogP contribution in [0.2, 0.25) is 0 Å². The van der Waals surface area contributed by atoms with Crippen molar-refractivity contribution >= 4 is 21.9 Å². The zero-order chi connectivity index (χ0) is 16.6. The summed E-state index contributed by atoms with van der Waals surface area (Å²) in [4.78, 5) is 14.6. The Balaban J connectivity index is 2.07. The number of phenolic OH excluding ortho intramolecular Hbond substituents is 1. The van der Waals surface area contributed by atoms with Crippen molar-refractivity contribution in [2.75, 3.05) is 20.6 Å². The van der Waals surface area contributed by atoms with Gasteiger partial charge in [-0.3, -0.25) is 4.79 Å². The Hall–Kier alpha value is -2.53. The van der Waals surface area contributed by atoms with E-state index in [1.54, 1.807) is 30.3 Å². The van der Waals surface area contributed by atoms with E-state index in [4.69, 9.17) is 9.15 Å². The third-order valence-corrected chi connectivity index (χ3v) is 3.61. The second-order valence-corrected chi connectivity index (χ2v) is 5.93. The lowest BCUT2D eigenvalue weighted by Crippen LogP contribution is -2.27. The fourth-order valence-corrected chi connectivity index (χ4v) is 2.72. The average molecular weight is 313 g/mol. The molecule has 0 spiro atoms. The van der Waals surface area contributed by atoms with E-state index in [-0.39, 0.29) is 22.7 Å². The molecule has 1 unspecified atom stereocenters. The first kappa shape index (κ1) is 15.4. The molecule has 0 aliphatic rings. The molecule has 0 amide bonds. The van der Waals surface area contributed by atoms with Crippen LogP contribution in [-0.4, -0.2) is 36.8 Å². The number of fused-ring (bicyclic) bond motifs is 2. The Bertz CT molecular complexity index is 914. The van der Waals surface area contributed by atoms with Crippen molar-refractivity contribution in [2.24, 2.45) is 0 Å². The number of nitrogens with zero attached hydrogens (tertiary/aromatic N) is 1. The molecule has 0 bridgehead atoms. The quantitative estimate of drug-likeness (QED) is 0.750. The Morgan fingerprint density at radius 2 is 2.00 bits per heavy atom. The minimum atomic E-state index is -0.243. The molecule has 5 heteroatoms. The smallest absolute Gasteiger partial charge is 0.204 e. The first-order chi connectivity index (χ1) is 11.0. The van der Waals surface area contributed by atoms with Crippen molar-refractivity contribution in [3.05, 3.63) is 46.6 Å². The zero-order valence-electron chi connectivity index (χ0n) is 13.4. The van der Waals surface area contributed by atoms with Gasteiger partial charge >= 0.3 is 0 Å². The van der Waals surface area contributed by atoms with Crippen LogP contribution in [0, 0.1) is 0 Å². The Kier molecular flexibility index (Phi) is 3.96. The van der Waals surface area contributed by atoms with E-state index in [0.29, 0.717) is 22.3 Å². The number of phenols is 1. The minimum Gasteiger partial charge on any atom is -0.507 e. The number of hydrogen-bond donors (Lipinski definition) is 1. The monoisotopic (exact) mass is 313 g/mol. The Morgan fingerprint density at radius 1 is 1.22 bits per heavy atom. The van der Waals surface area contributed by atoms with E-state index in [1.807, 2.05) is 25.9 Å². The third-order valence-electron chi connectivity index (χ3n) is 3.61. The van der Waals surface area contributed by atoms with Gasteiger partial charge < -0.3 is 19.2 Å². The molecule has 3 rings (SSSR count). The normalized spacial score (nSPS) is 12.9. The van der Waals surface area contributed by atoms with Gasteiger partial charge in [-0.15, -0.1) is 0 Å². The number of aromatic hydroxyl groups is 1. The maximum Gasteiger partial charge on any atom is 0.204 e. The van der Waals surface area contributed by atoms with Crippen molar-refractivity contribution in [3.63, 3.8) is 0 Å². The molecule has 0 aliphatic carbocycles. The van der Waals surface area contributed by atoms with Crippen LogP contribution in [0.4, 0.5) is 0 Å². The summed E-state index contributed by atoms with van der Waals surface area (Å²) in [6.07, 6.45) is 0.0127. The lowest BCUT2D eigenvalue weighted by Gasteiger charge is -2.18. The lowest BCUT2D eigenvalue weighted by molar-refractivity contribution is 0.177. The fourth-order valence-electron chi connectivity index (χ4n) is 2.72. The molecule has 0 aliphatic heterocycles. The molecule has 1 N–H and O–H groups in total. The van der Waals surface area contributed by atoms with Crippen LogP contribution >= 0.6 is 0 Å². The molecular weight excluding hydrogens is 294 g/mol. The van der Waals surface area contributed by atoms with Gasteiger partial charge in [0.15, 0.2) is 0 Å². The standard InChI is InChI=1S/C18H19NO4/c1-11(10-19(2)3)22-12-7-8-13-16(9-12)23-15-6-4-5-14(20)17(15)18(13)21/h4-9,11,20H,10H2,1-3H3. The van der Waals surface area contributed by atoms with Crippen molar-refractivity contribution in [1.29, 1.82) is 0 Å². The third kappa shape index (κ3) is 3.00. The molecule has 1 aromatic heterocycles. The summed E-state index contributed by atoms with van der Waals surface area (Å²) in [5.74, 6) is 0.576. The Labute approximate surface area is 133 Å². The van der Waals surface area contributed by atoms with Crippen LogP contribution in [0.15, 0.2) is 45.6 Å². The molecule has 1 heterocycles. The van der Waals surface area contributed by atoms with Gasteiger partial charge in [-0.05, 0) is 45.3 Å². The highest BCUT2D eigenvalue weighted by Gasteiger charge is 2.13. The van der Waals surface area contributed by atoms with Crippen molar-refractivity contribution < 1.29 is 14.3 Å². The summed E-state index contributed by atoms with van der Waals surface area (Å²) in [6.45, 7) is 2.77. The van der Waals surface area contributed by atoms with Crippen LogP contribution in [0.1, 0.15) is 6.92 Å². The van der Waals surface area contributed by atoms with Gasteiger partial charge in [-0.2, -0.15) is 0 Å². The predicted molar refractivity (Wildman–Crippen MR) is 90.3 cm³/mol. The van der Waals surface area contributed by atoms with Gasteiger partial charge in [0.25, 0.3) is 0 Å². The molecule has 2 aromatic carbocycles. The van der Waals surface area contributed by atoms with E-state index in [0.717, 1.165) is 6.54 Å². The average Bonchev–Trinajstić information content (AvgIpc) is 2.46. The molecule has 5 nitrogen and oxygen atoms in total. The maximum atomic E-state index is 12.5. The molecule has 0 saturated carbocycles. The molecule has 0 saturated heterocycles. The summed E-state index contributed by atoms with van der Waals surface area (Å²) < 4.78 is 11.6. The van der Waals surface area contributed by atoms with Crippen molar-refractivity contribution in [1.82, 2.24) is 4.90 Å². The molecular formula is C18H19NO4. The molecule has 23 heavy (non-hydrogen) atoms. The lowest BCUT2D eigenvalue weighted by atomic mass is 10.1. The first-order valence-corrected chi connectivity index (χ1v) is 7.45. The second kappa shape index (κ2) is 5.93. The fraction of sp³-hybridized carbons (Fsp3) is 0.278. The molecule has 120 valence electrons. The molecule has 3 aromatic rings. The number of rotatable bonds is 4. The molecule has 1 atom stereocenters. The van der Waals surface area contributed by atoms with Crippen LogP contribution in [0.3, 0.4) is 0 Å². The van der Waals surface area contributed by atoms with Gasteiger partial charge in [-0.1, -0.05) is 6.07 Å². The van der Waals surface area contributed by atoms with Gasteiger partial charge in [0.1, 0.15) is 34.2 Å². The van der Waals surface area contributed by atoms with E-state index in [9.17, 15) is 9.90 Å². The van der Waals surface area contributed by atoms with Crippen LogP contribution in [0.5, 0.6) is 11.5 Å². The number of hydrogen-bond acceptors (Lipinski definition) is 5. The summed E-state index contributed by atoms with van der Waals surface area (Å²) >= 11 is 0. The number of likely N-dealkylation sites (N-methyl/N-ethyl adjacent to an activating group) is 1. The van der Waals surface area contributed by atoms with Crippen molar-refractivity contribution in [2.45, 2.75) is 13.0 Å².